The van der Waals surface area contributed by atoms with Crippen LogP contribution in [-0.2, 0) is 34.4 Å². The molecule has 326 valence electrons. The number of aromatic nitrogens is 6. The van der Waals surface area contributed by atoms with Gasteiger partial charge in [-0.2, -0.15) is 0 Å². The number of carbonyl (C=O) groups is 4. The summed E-state index contributed by atoms with van der Waals surface area (Å²) < 4.78 is 21.4. The smallest absolute Gasteiger partial charge is 0.329 e. The summed E-state index contributed by atoms with van der Waals surface area (Å²) in [6.07, 6.45) is 7.40. The summed E-state index contributed by atoms with van der Waals surface area (Å²) in [6, 6.07) is 17.0. The second-order valence-electron chi connectivity index (χ2n) is 16.8. The number of imide groups is 1. The molecule has 3 aromatic carbocycles. The van der Waals surface area contributed by atoms with Crippen LogP contribution in [-0.4, -0.2) is 127 Å². The number of aromatic amines is 1. The first-order chi connectivity index (χ1) is 30.4. The van der Waals surface area contributed by atoms with Crippen molar-refractivity contribution < 1.29 is 23.6 Å². The Hall–Kier alpha value is -6.88. The molecular formula is C46H50FN11O5. The van der Waals surface area contributed by atoms with Crippen molar-refractivity contribution in [1.29, 1.82) is 0 Å². The molecule has 0 saturated carbocycles. The Morgan fingerprint density at radius 3 is 2.52 bits per heavy atom. The van der Waals surface area contributed by atoms with E-state index in [0.29, 0.717) is 48.0 Å². The van der Waals surface area contributed by atoms with Crippen LogP contribution in [0.4, 0.5) is 10.1 Å². The van der Waals surface area contributed by atoms with E-state index < -0.39 is 17.8 Å². The Morgan fingerprint density at radius 1 is 0.937 bits per heavy atom. The number of aryl methyl sites for hydroxylation is 2. The van der Waals surface area contributed by atoms with Crippen molar-refractivity contribution in [2.45, 2.75) is 44.7 Å². The predicted octanol–water partition coefficient (Wildman–Crippen LogP) is 3.97. The average Bonchev–Trinajstić information content (AvgIpc) is 4.04. The van der Waals surface area contributed by atoms with Crippen LogP contribution >= 0.6 is 0 Å². The molecule has 1 unspecified atom stereocenters. The van der Waals surface area contributed by atoms with Crippen molar-refractivity contribution in [3.63, 3.8) is 0 Å². The van der Waals surface area contributed by atoms with Crippen molar-refractivity contribution in [2.24, 2.45) is 7.05 Å². The van der Waals surface area contributed by atoms with E-state index in [1.165, 1.54) is 9.47 Å². The minimum atomic E-state index is -0.720. The third-order valence-electron chi connectivity index (χ3n) is 12.7. The number of halogens is 1. The monoisotopic (exact) mass is 855 g/mol. The first kappa shape index (κ1) is 41.5. The van der Waals surface area contributed by atoms with Gasteiger partial charge in [0.1, 0.15) is 11.7 Å². The minimum absolute atomic E-state index is 0.0433. The van der Waals surface area contributed by atoms with E-state index in [-0.39, 0.29) is 54.0 Å². The number of rotatable bonds is 11. The fourth-order valence-corrected chi connectivity index (χ4v) is 9.14. The number of hydrogen-bond donors (Lipinski definition) is 2. The van der Waals surface area contributed by atoms with Gasteiger partial charge in [0.05, 0.1) is 29.3 Å². The summed E-state index contributed by atoms with van der Waals surface area (Å²) in [5, 5.41) is 10.7. The van der Waals surface area contributed by atoms with Crippen molar-refractivity contribution >= 4 is 56.8 Å². The summed E-state index contributed by atoms with van der Waals surface area (Å²) in [7, 11) is 5.03. The Kier molecular flexibility index (Phi) is 11.3. The van der Waals surface area contributed by atoms with Gasteiger partial charge in [0.25, 0.3) is 5.91 Å². The number of carbonyl (C=O) groups excluding carboxylic acids is 4. The lowest BCUT2D eigenvalue weighted by Gasteiger charge is -2.36. The second kappa shape index (κ2) is 17.1. The van der Waals surface area contributed by atoms with Gasteiger partial charge in [-0.3, -0.25) is 43.2 Å². The van der Waals surface area contributed by atoms with Gasteiger partial charge in [0, 0.05) is 103 Å². The number of H-pyrrole nitrogens is 1. The number of piperidine rings is 1. The van der Waals surface area contributed by atoms with Gasteiger partial charge in [0.15, 0.2) is 5.82 Å². The van der Waals surface area contributed by atoms with E-state index in [0.717, 1.165) is 67.0 Å². The Labute approximate surface area is 362 Å². The number of benzene rings is 3. The van der Waals surface area contributed by atoms with Crippen LogP contribution in [0.25, 0.3) is 38.6 Å². The zero-order valence-corrected chi connectivity index (χ0v) is 35.6. The largest absolute Gasteiger partial charge is 0.369 e. The number of nitrogens with zero attached hydrogens (tertiary/aromatic N) is 9. The summed E-state index contributed by atoms with van der Waals surface area (Å²) in [5.41, 5.74) is 6.59. The van der Waals surface area contributed by atoms with Gasteiger partial charge in [0.2, 0.25) is 17.7 Å². The minimum Gasteiger partial charge on any atom is -0.369 e. The third-order valence-corrected chi connectivity index (χ3v) is 12.7. The quantitative estimate of drug-likeness (QED) is 0.184. The molecule has 63 heavy (non-hydrogen) atoms. The van der Waals surface area contributed by atoms with E-state index in [9.17, 15) is 24.0 Å². The predicted molar refractivity (Wildman–Crippen MR) is 236 cm³/mol. The maximum atomic E-state index is 16.7. The highest BCUT2D eigenvalue weighted by Gasteiger charge is 2.32. The Balaban J connectivity index is 0.911. The molecule has 3 aliphatic heterocycles. The summed E-state index contributed by atoms with van der Waals surface area (Å²) in [6.45, 7) is 5.33. The topological polar surface area (TPSA) is 167 Å². The fraction of sp³-hybridized carbons (Fsp3) is 0.370. The van der Waals surface area contributed by atoms with Crippen LogP contribution in [0.1, 0.15) is 53.3 Å². The number of anilines is 1. The van der Waals surface area contributed by atoms with Crippen molar-refractivity contribution in [3.05, 3.63) is 106 Å². The summed E-state index contributed by atoms with van der Waals surface area (Å²) in [4.78, 5) is 75.2. The molecule has 2 saturated heterocycles. The van der Waals surface area contributed by atoms with Crippen LogP contribution in [0, 0.1) is 5.82 Å². The van der Waals surface area contributed by atoms with E-state index >= 15 is 4.39 Å². The fourth-order valence-electron chi connectivity index (χ4n) is 9.14. The number of amides is 4. The zero-order valence-electron chi connectivity index (χ0n) is 35.6. The SMILES string of the molecule is CN(C)C(=O)c1cc2c(-c3cccc(N4CCN(CCc5ccc6c(c5)n(C)c(=O)n6C5CCC(=O)NC5=O)CC4)c3)cc(C3=CCCN(C(=O)CCn4ccnn4)C3)c(F)c2[nH]1. The van der Waals surface area contributed by atoms with E-state index in [4.69, 9.17) is 0 Å². The molecule has 0 aliphatic carbocycles. The molecule has 2 N–H and O–H groups in total. The zero-order chi connectivity index (χ0) is 43.9. The first-order valence-corrected chi connectivity index (χ1v) is 21.4. The number of fused-ring (bicyclic) bond motifs is 2. The maximum Gasteiger partial charge on any atom is 0.329 e. The van der Waals surface area contributed by atoms with Gasteiger partial charge in [-0.05, 0) is 77.9 Å². The molecular weight excluding hydrogens is 806 g/mol. The summed E-state index contributed by atoms with van der Waals surface area (Å²) >= 11 is 0. The highest BCUT2D eigenvalue weighted by atomic mass is 19.1. The van der Waals surface area contributed by atoms with Gasteiger partial charge in [-0.15, -0.1) is 5.10 Å². The van der Waals surface area contributed by atoms with Crippen molar-refractivity contribution in [2.75, 3.05) is 64.8 Å². The molecule has 17 heteroatoms. The first-order valence-electron chi connectivity index (χ1n) is 21.4. The van der Waals surface area contributed by atoms with E-state index in [1.54, 1.807) is 53.8 Å². The Morgan fingerprint density at radius 2 is 1.76 bits per heavy atom. The molecule has 4 amide bonds. The lowest BCUT2D eigenvalue weighted by molar-refractivity contribution is -0.136. The van der Waals surface area contributed by atoms with Gasteiger partial charge >= 0.3 is 5.69 Å². The molecule has 0 bridgehead atoms. The standard InChI is InChI=1S/C46H50FN11O5/c1-52(2)45(62)36-27-35-33(26-34(42(47)43(35)49-36)31-7-5-16-56(28-31)41(60)14-18-57-19-15-48-51-57)30-6-4-8-32(25-30)55-22-20-54(21-23-55)17-13-29-9-10-37-39(24-29)53(3)46(63)58(37)38-11-12-40(59)50-44(38)61/h4,6-10,15,19,24-27,38,49H,5,11-14,16-18,20-23,28H2,1-3H3,(H,50,59,61). The molecule has 6 aromatic rings. The van der Waals surface area contributed by atoms with Crippen LogP contribution in [0.5, 0.6) is 0 Å². The molecule has 2 fully saturated rings. The highest BCUT2D eigenvalue weighted by molar-refractivity contribution is 6.05. The van der Waals surface area contributed by atoms with Crippen molar-refractivity contribution in [3.8, 4) is 11.1 Å². The van der Waals surface area contributed by atoms with Gasteiger partial charge < -0.3 is 19.7 Å². The van der Waals surface area contributed by atoms with Crippen LogP contribution < -0.4 is 15.9 Å². The van der Waals surface area contributed by atoms with Crippen LogP contribution in [0.2, 0.25) is 0 Å². The number of hydrogen-bond acceptors (Lipinski definition) is 9. The highest BCUT2D eigenvalue weighted by Crippen LogP contribution is 2.38. The van der Waals surface area contributed by atoms with Crippen molar-refractivity contribution in [1.82, 2.24) is 49.1 Å². The van der Waals surface area contributed by atoms with Gasteiger partial charge in [-0.25, -0.2) is 9.18 Å². The third kappa shape index (κ3) is 8.15. The molecule has 3 aromatic heterocycles. The van der Waals surface area contributed by atoms with Crippen LogP contribution in [0.15, 0.2) is 77.9 Å². The van der Waals surface area contributed by atoms with Gasteiger partial charge in [-0.1, -0.05) is 29.5 Å². The maximum absolute atomic E-state index is 16.7. The van der Waals surface area contributed by atoms with Crippen LogP contribution in [0.3, 0.4) is 0 Å². The number of imidazole rings is 1. The number of nitrogens with one attached hydrogen (secondary N) is 2. The number of piperazine rings is 1. The average molecular weight is 856 g/mol. The van der Waals surface area contributed by atoms with E-state index in [1.807, 2.05) is 42.5 Å². The second-order valence-corrected chi connectivity index (χ2v) is 16.8. The normalized spacial score (nSPS) is 17.4. The summed E-state index contributed by atoms with van der Waals surface area (Å²) in [5.74, 6) is -1.53. The lowest BCUT2D eigenvalue weighted by atomic mass is 9.93. The van der Waals surface area contributed by atoms with E-state index in [2.05, 4.69) is 42.5 Å². The lowest BCUT2D eigenvalue weighted by Crippen LogP contribution is -2.47. The molecule has 0 radical (unpaired) electrons. The molecule has 16 nitrogen and oxygen atoms in total. The molecule has 1 atom stereocenters. The molecule has 6 heterocycles. The molecule has 3 aliphatic rings. The molecule has 0 spiro atoms. The molecule has 9 rings (SSSR count). The Bertz CT molecular complexity index is 2850.